The van der Waals surface area contributed by atoms with Crippen LogP contribution < -0.4 is 20.3 Å². The number of nitrogens with zero attached hydrogens (tertiary/aromatic N) is 2. The van der Waals surface area contributed by atoms with E-state index in [-0.39, 0.29) is 11.5 Å². The van der Waals surface area contributed by atoms with Crippen molar-refractivity contribution in [1.29, 1.82) is 0 Å². The summed E-state index contributed by atoms with van der Waals surface area (Å²) >= 11 is 1.39. The number of amides is 1. The van der Waals surface area contributed by atoms with Gasteiger partial charge in [0.05, 0.1) is 21.1 Å². The number of para-hydroxylation sites is 1. The Labute approximate surface area is 174 Å². The van der Waals surface area contributed by atoms with Gasteiger partial charge in [-0.3, -0.25) is 9.59 Å². The lowest BCUT2D eigenvalue weighted by atomic mass is 10.2. The van der Waals surface area contributed by atoms with Gasteiger partial charge < -0.3 is 19.8 Å². The number of thiazole rings is 1. The maximum Gasteiger partial charge on any atom is 0.258 e. The molecule has 1 aliphatic rings. The number of aryl methyl sites for hydroxylation is 1. The maximum atomic E-state index is 12.3. The average Bonchev–Trinajstić information content (AvgIpc) is 3.12. The van der Waals surface area contributed by atoms with Gasteiger partial charge in [-0.2, -0.15) is 0 Å². The Hall–Kier alpha value is -3.46. The van der Waals surface area contributed by atoms with Crippen molar-refractivity contribution in [3.05, 3.63) is 52.6 Å². The minimum Gasteiger partial charge on any atom is -0.486 e. The number of benzene rings is 2. The largest absolute Gasteiger partial charge is 0.486 e. The van der Waals surface area contributed by atoms with E-state index in [9.17, 15) is 9.59 Å². The van der Waals surface area contributed by atoms with E-state index in [4.69, 9.17) is 9.47 Å². The van der Waals surface area contributed by atoms with Gasteiger partial charge in [-0.25, -0.2) is 9.97 Å². The van der Waals surface area contributed by atoms with E-state index in [0.717, 1.165) is 10.2 Å². The summed E-state index contributed by atoms with van der Waals surface area (Å²) in [6, 6.07) is 10.9. The number of aromatic nitrogens is 3. The molecule has 30 heavy (non-hydrogen) atoms. The van der Waals surface area contributed by atoms with Crippen LogP contribution in [-0.4, -0.2) is 34.1 Å². The first-order valence-electron chi connectivity index (χ1n) is 9.64. The molecule has 0 unspecified atom stereocenters. The first-order valence-corrected chi connectivity index (χ1v) is 10.5. The molecular formula is C21H18N4O4S. The van der Waals surface area contributed by atoms with Crippen LogP contribution in [0, 0.1) is 0 Å². The molecule has 0 saturated carbocycles. The monoisotopic (exact) mass is 422 g/mol. The SMILES string of the molecule is O=C(CCCc1nc2ccccc2c(=O)[nH]1)Nc1nc2cc3c(cc2s1)OCCO3. The van der Waals surface area contributed by atoms with Crippen molar-refractivity contribution >= 4 is 43.5 Å². The number of carbonyl (C=O) groups excluding carboxylic acids is 1. The number of fused-ring (bicyclic) bond motifs is 3. The molecule has 2 aromatic carbocycles. The number of H-pyrrole nitrogens is 1. The van der Waals surface area contributed by atoms with E-state index in [2.05, 4.69) is 20.3 Å². The third kappa shape index (κ3) is 3.71. The number of carbonyl (C=O) groups is 1. The van der Waals surface area contributed by atoms with Gasteiger partial charge >= 0.3 is 0 Å². The minimum atomic E-state index is -0.162. The van der Waals surface area contributed by atoms with Crippen molar-refractivity contribution < 1.29 is 14.3 Å². The lowest BCUT2D eigenvalue weighted by Gasteiger charge is -2.17. The summed E-state index contributed by atoms with van der Waals surface area (Å²) in [5, 5.41) is 3.94. The van der Waals surface area contributed by atoms with Crippen molar-refractivity contribution in [2.24, 2.45) is 0 Å². The summed E-state index contributed by atoms with van der Waals surface area (Å²) in [5.41, 5.74) is 1.26. The van der Waals surface area contributed by atoms with Gasteiger partial charge in [0.1, 0.15) is 19.0 Å². The number of hydrogen-bond acceptors (Lipinski definition) is 7. The number of hydrogen-bond donors (Lipinski definition) is 2. The smallest absolute Gasteiger partial charge is 0.258 e. The van der Waals surface area contributed by atoms with Crippen LogP contribution in [0.15, 0.2) is 41.2 Å². The van der Waals surface area contributed by atoms with Crippen LogP contribution >= 0.6 is 11.3 Å². The van der Waals surface area contributed by atoms with Crippen LogP contribution in [0.1, 0.15) is 18.7 Å². The minimum absolute atomic E-state index is 0.130. The van der Waals surface area contributed by atoms with Gasteiger partial charge in [0.15, 0.2) is 16.6 Å². The van der Waals surface area contributed by atoms with E-state index in [1.54, 1.807) is 12.1 Å². The van der Waals surface area contributed by atoms with Crippen molar-refractivity contribution in [3.63, 3.8) is 0 Å². The summed E-state index contributed by atoms with van der Waals surface area (Å²) < 4.78 is 12.1. The normalized spacial score (nSPS) is 12.9. The van der Waals surface area contributed by atoms with Crippen LogP contribution in [0.3, 0.4) is 0 Å². The third-order valence-corrected chi connectivity index (χ3v) is 5.71. The van der Waals surface area contributed by atoms with E-state index in [1.165, 1.54) is 11.3 Å². The predicted octanol–water partition coefficient (Wildman–Crippen LogP) is 3.27. The number of aromatic amines is 1. The molecule has 1 amide bonds. The zero-order valence-corrected chi connectivity index (χ0v) is 16.8. The first kappa shape index (κ1) is 18.6. The standard InChI is InChI=1S/C21H18N4O4S/c26-19(7-3-6-18-22-13-5-2-1-4-12(13)20(27)24-18)25-21-23-14-10-15-16(11-17(14)30-21)29-9-8-28-15/h1-2,4-5,10-11H,3,6-9H2,(H,22,24,27)(H,23,25,26). The van der Waals surface area contributed by atoms with Gasteiger partial charge in [0.2, 0.25) is 5.91 Å². The zero-order chi connectivity index (χ0) is 20.5. The Morgan fingerprint density at radius 1 is 1.10 bits per heavy atom. The highest BCUT2D eigenvalue weighted by Gasteiger charge is 2.16. The Morgan fingerprint density at radius 2 is 1.90 bits per heavy atom. The number of nitrogens with one attached hydrogen (secondary N) is 2. The van der Waals surface area contributed by atoms with Gasteiger partial charge in [-0.1, -0.05) is 23.5 Å². The van der Waals surface area contributed by atoms with Crippen LogP contribution in [0.5, 0.6) is 11.5 Å². The molecule has 2 aromatic heterocycles. The fraction of sp³-hybridized carbons (Fsp3) is 0.238. The van der Waals surface area contributed by atoms with Gasteiger partial charge in [0, 0.05) is 25.0 Å². The second kappa shape index (κ2) is 7.75. The second-order valence-electron chi connectivity index (χ2n) is 6.91. The molecule has 0 atom stereocenters. The topological polar surface area (TPSA) is 106 Å². The molecule has 1 aliphatic heterocycles. The van der Waals surface area contributed by atoms with Crippen molar-refractivity contribution in [2.75, 3.05) is 18.5 Å². The third-order valence-electron chi connectivity index (χ3n) is 4.78. The summed E-state index contributed by atoms with van der Waals surface area (Å²) in [4.78, 5) is 36.2. The molecular weight excluding hydrogens is 404 g/mol. The molecule has 0 fully saturated rings. The molecule has 0 radical (unpaired) electrons. The summed E-state index contributed by atoms with van der Waals surface area (Å²) in [5.74, 6) is 1.83. The summed E-state index contributed by atoms with van der Waals surface area (Å²) in [6.07, 6.45) is 1.37. The average molecular weight is 422 g/mol. The van der Waals surface area contributed by atoms with Crippen LogP contribution in [0.2, 0.25) is 0 Å². The van der Waals surface area contributed by atoms with E-state index < -0.39 is 0 Å². The maximum absolute atomic E-state index is 12.3. The molecule has 4 aromatic rings. The molecule has 0 saturated heterocycles. The van der Waals surface area contributed by atoms with Crippen LogP contribution in [0.4, 0.5) is 5.13 Å². The van der Waals surface area contributed by atoms with Crippen molar-refractivity contribution in [3.8, 4) is 11.5 Å². The fourth-order valence-corrected chi connectivity index (χ4v) is 4.26. The molecule has 3 heterocycles. The predicted molar refractivity (Wildman–Crippen MR) is 115 cm³/mol. The Bertz CT molecular complexity index is 1270. The van der Waals surface area contributed by atoms with Gasteiger partial charge in [-0.05, 0) is 18.6 Å². The van der Waals surface area contributed by atoms with Gasteiger partial charge in [-0.15, -0.1) is 0 Å². The van der Waals surface area contributed by atoms with E-state index >= 15 is 0 Å². The lowest BCUT2D eigenvalue weighted by Crippen LogP contribution is -2.15. The molecule has 0 aliphatic carbocycles. The number of ether oxygens (including phenoxy) is 2. The van der Waals surface area contributed by atoms with Gasteiger partial charge in [0.25, 0.3) is 5.56 Å². The fourth-order valence-electron chi connectivity index (χ4n) is 3.37. The Morgan fingerprint density at radius 3 is 2.77 bits per heavy atom. The molecule has 5 rings (SSSR count). The molecule has 0 bridgehead atoms. The highest BCUT2D eigenvalue weighted by molar-refractivity contribution is 7.22. The summed E-state index contributed by atoms with van der Waals surface area (Å²) in [6.45, 7) is 1.04. The number of anilines is 1. The molecule has 2 N–H and O–H groups in total. The first-order chi connectivity index (χ1) is 14.7. The van der Waals surface area contributed by atoms with Crippen LogP contribution in [0.25, 0.3) is 21.1 Å². The highest BCUT2D eigenvalue weighted by Crippen LogP contribution is 2.37. The molecule has 152 valence electrons. The van der Waals surface area contributed by atoms with Crippen molar-refractivity contribution in [2.45, 2.75) is 19.3 Å². The highest BCUT2D eigenvalue weighted by atomic mass is 32.1. The second-order valence-corrected chi connectivity index (χ2v) is 7.94. The molecule has 9 heteroatoms. The number of rotatable bonds is 5. The van der Waals surface area contributed by atoms with Crippen molar-refractivity contribution in [1.82, 2.24) is 15.0 Å². The quantitative estimate of drug-likeness (QED) is 0.511. The lowest BCUT2D eigenvalue weighted by molar-refractivity contribution is -0.116. The Balaban J connectivity index is 1.22. The molecule has 0 spiro atoms. The molecule has 8 nitrogen and oxygen atoms in total. The van der Waals surface area contributed by atoms with E-state index in [0.29, 0.717) is 65.8 Å². The van der Waals surface area contributed by atoms with E-state index in [1.807, 2.05) is 24.3 Å². The zero-order valence-electron chi connectivity index (χ0n) is 15.9. The summed E-state index contributed by atoms with van der Waals surface area (Å²) in [7, 11) is 0. The van der Waals surface area contributed by atoms with Crippen LogP contribution in [-0.2, 0) is 11.2 Å². The Kier molecular flexibility index (Phi) is 4.80.